The molecule has 4 fully saturated rings. The minimum atomic E-state index is -2.01. The number of piperidine rings is 1. The number of alkyl halides is 1. The van der Waals surface area contributed by atoms with Crippen molar-refractivity contribution in [2.24, 2.45) is 17.8 Å². The summed E-state index contributed by atoms with van der Waals surface area (Å²) < 4.78 is 23.2. The Kier molecular flexibility index (Phi) is 10.6. The summed E-state index contributed by atoms with van der Waals surface area (Å²) >= 11 is 6.58. The van der Waals surface area contributed by atoms with Gasteiger partial charge in [-0.1, -0.05) is 50.1 Å². The second-order valence-electron chi connectivity index (χ2n) is 15.2. The van der Waals surface area contributed by atoms with E-state index in [9.17, 15) is 9.59 Å². The van der Waals surface area contributed by atoms with E-state index in [1.165, 1.54) is 5.56 Å². The lowest BCUT2D eigenvalue weighted by atomic mass is 9.85. The van der Waals surface area contributed by atoms with Gasteiger partial charge in [0.2, 0.25) is 11.6 Å². The van der Waals surface area contributed by atoms with Crippen LogP contribution in [-0.4, -0.2) is 98.7 Å². The van der Waals surface area contributed by atoms with Crippen LogP contribution in [0.15, 0.2) is 42.5 Å². The Labute approximate surface area is 291 Å². The molecule has 0 bridgehead atoms. The molecule has 2 aromatic rings. The Hall–Kier alpha value is -2.84. The fourth-order valence-electron chi connectivity index (χ4n) is 9.06. The number of benzene rings is 2. The number of likely N-dealkylation sites (tertiary alicyclic amines) is 2. The first-order valence-electron chi connectivity index (χ1n) is 18.1. The van der Waals surface area contributed by atoms with Crippen LogP contribution in [0.4, 0.5) is 10.1 Å². The van der Waals surface area contributed by atoms with E-state index in [1.54, 1.807) is 12.0 Å². The van der Waals surface area contributed by atoms with Crippen LogP contribution in [0, 0.1) is 17.8 Å². The van der Waals surface area contributed by atoms with Crippen molar-refractivity contribution >= 4 is 29.1 Å². The smallest absolute Gasteiger partial charge is 0.262 e. The van der Waals surface area contributed by atoms with Crippen LogP contribution in [-0.2, 0) is 9.59 Å². The van der Waals surface area contributed by atoms with Crippen molar-refractivity contribution in [2.45, 2.75) is 82.3 Å². The molecule has 262 valence electrons. The third kappa shape index (κ3) is 6.94. The third-order valence-corrected chi connectivity index (χ3v) is 12.3. The number of halogens is 2. The molecule has 48 heavy (non-hydrogen) atoms. The molecule has 0 radical (unpaired) electrons. The van der Waals surface area contributed by atoms with E-state index in [1.807, 2.05) is 55.4 Å². The van der Waals surface area contributed by atoms with E-state index >= 15 is 4.39 Å². The van der Waals surface area contributed by atoms with Crippen LogP contribution >= 0.6 is 11.6 Å². The summed E-state index contributed by atoms with van der Waals surface area (Å²) in [5.74, 6) is 1.04. The molecule has 3 heterocycles. The van der Waals surface area contributed by atoms with Gasteiger partial charge in [0, 0.05) is 87.9 Å². The molecule has 3 saturated heterocycles. The number of methoxy groups -OCH3 is 1. The Balaban J connectivity index is 1.25. The zero-order valence-corrected chi connectivity index (χ0v) is 30.2. The molecule has 0 N–H and O–H groups in total. The molecule has 0 unspecified atom stereocenters. The van der Waals surface area contributed by atoms with Gasteiger partial charge in [0.05, 0.1) is 7.11 Å². The van der Waals surface area contributed by atoms with E-state index in [2.05, 4.69) is 29.7 Å². The lowest BCUT2D eigenvalue weighted by Crippen LogP contribution is -2.50. The first-order chi connectivity index (χ1) is 23.0. The summed E-state index contributed by atoms with van der Waals surface area (Å²) in [5.41, 5.74) is 1.11. The van der Waals surface area contributed by atoms with Crippen LogP contribution in [0.1, 0.15) is 81.8 Å². The Morgan fingerprint density at radius 3 is 2.29 bits per heavy atom. The number of amides is 2. The van der Waals surface area contributed by atoms with Crippen molar-refractivity contribution in [2.75, 3.05) is 65.4 Å². The van der Waals surface area contributed by atoms with Crippen molar-refractivity contribution in [1.82, 2.24) is 14.7 Å². The highest BCUT2D eigenvalue weighted by atomic mass is 35.5. The maximum Gasteiger partial charge on any atom is 0.262 e. The summed E-state index contributed by atoms with van der Waals surface area (Å²) in [5, 5.41) is 0.674. The lowest BCUT2D eigenvalue weighted by molar-refractivity contribution is -0.143. The minimum absolute atomic E-state index is 0.0317. The SMILES string of the molecule is CC[C@H]1CN(C(=O)[C@]2(F)CN(C3CCC(C)CC3)C[C@H]2c2ccc(OC)cc2)C[C@@H]1c1ccc(Cl)cc1N1CCC(C(=O)N(C)C)CC1. The first kappa shape index (κ1) is 35.0. The van der Waals surface area contributed by atoms with Crippen molar-refractivity contribution < 1.29 is 18.7 Å². The lowest BCUT2D eigenvalue weighted by Gasteiger charge is -2.36. The zero-order chi connectivity index (χ0) is 34.2. The summed E-state index contributed by atoms with van der Waals surface area (Å²) in [7, 11) is 5.28. The molecule has 1 aliphatic carbocycles. The van der Waals surface area contributed by atoms with Gasteiger partial charge in [-0.3, -0.25) is 14.5 Å². The standard InChI is InChI=1S/C39H54ClFN4O3/c1-6-27-22-44(23-34(27)33-16-11-30(40)21-36(33)43-19-17-29(18-20-43)37(46)42(3)4)38(47)39(41)25-45(31-12-7-26(2)8-13-31)24-35(39)28-9-14-32(48-5)15-10-28/h9-11,14-16,21,26-27,29,31,34-35H,6-8,12-13,17-20,22-25H2,1-5H3/t26?,27-,31?,34-,35-,39-/m0/s1. The van der Waals surface area contributed by atoms with E-state index in [4.69, 9.17) is 16.3 Å². The predicted molar refractivity (Wildman–Crippen MR) is 191 cm³/mol. The average Bonchev–Trinajstić information content (AvgIpc) is 3.70. The quantitative estimate of drug-likeness (QED) is 0.301. The van der Waals surface area contributed by atoms with Crippen molar-refractivity contribution in [3.8, 4) is 5.75 Å². The van der Waals surface area contributed by atoms with Gasteiger partial charge in [0.25, 0.3) is 5.91 Å². The topological polar surface area (TPSA) is 56.3 Å². The molecular formula is C39H54ClFN4O3. The van der Waals surface area contributed by atoms with Gasteiger partial charge in [-0.25, -0.2) is 4.39 Å². The van der Waals surface area contributed by atoms with E-state index in [0.717, 1.165) is 75.0 Å². The second kappa shape index (κ2) is 14.6. The van der Waals surface area contributed by atoms with Gasteiger partial charge in [0.1, 0.15) is 5.75 Å². The molecule has 0 aromatic heterocycles. The maximum atomic E-state index is 17.8. The van der Waals surface area contributed by atoms with E-state index in [0.29, 0.717) is 36.6 Å². The Bertz CT molecular complexity index is 1440. The molecule has 9 heteroatoms. The minimum Gasteiger partial charge on any atom is -0.497 e. The molecule has 2 aromatic carbocycles. The highest BCUT2D eigenvalue weighted by Crippen LogP contribution is 2.47. The zero-order valence-electron chi connectivity index (χ0n) is 29.5. The average molecular weight is 681 g/mol. The molecular weight excluding hydrogens is 627 g/mol. The van der Waals surface area contributed by atoms with Gasteiger partial charge in [-0.15, -0.1) is 0 Å². The van der Waals surface area contributed by atoms with Gasteiger partial charge in [0.15, 0.2) is 0 Å². The number of hydrogen-bond donors (Lipinski definition) is 0. The van der Waals surface area contributed by atoms with Crippen molar-refractivity contribution in [1.29, 1.82) is 0 Å². The first-order valence-corrected chi connectivity index (χ1v) is 18.5. The summed E-state index contributed by atoms with van der Waals surface area (Å²) in [6, 6.07) is 14.0. The van der Waals surface area contributed by atoms with E-state index < -0.39 is 11.6 Å². The normalized spacial score (nSPS) is 30.1. The molecule has 1 saturated carbocycles. The van der Waals surface area contributed by atoms with Crippen LogP contribution in [0.5, 0.6) is 5.75 Å². The Morgan fingerprint density at radius 2 is 1.67 bits per heavy atom. The number of rotatable bonds is 8. The highest BCUT2D eigenvalue weighted by molar-refractivity contribution is 6.30. The number of nitrogens with zero attached hydrogens (tertiary/aromatic N) is 4. The number of ether oxygens (including phenoxy) is 1. The van der Waals surface area contributed by atoms with Crippen LogP contribution in [0.3, 0.4) is 0 Å². The van der Waals surface area contributed by atoms with Crippen molar-refractivity contribution in [3.63, 3.8) is 0 Å². The van der Waals surface area contributed by atoms with Gasteiger partial charge in [-0.05, 0) is 85.8 Å². The summed E-state index contributed by atoms with van der Waals surface area (Å²) in [4.78, 5) is 35.5. The molecule has 4 aliphatic rings. The largest absolute Gasteiger partial charge is 0.497 e. The molecule has 3 aliphatic heterocycles. The van der Waals surface area contributed by atoms with Gasteiger partial charge in [-0.2, -0.15) is 0 Å². The van der Waals surface area contributed by atoms with Crippen LogP contribution in [0.25, 0.3) is 0 Å². The maximum absolute atomic E-state index is 17.8. The number of carbonyl (C=O) groups excluding carboxylic acids is 2. The van der Waals surface area contributed by atoms with Gasteiger partial charge >= 0.3 is 0 Å². The van der Waals surface area contributed by atoms with E-state index in [-0.39, 0.29) is 36.1 Å². The monoisotopic (exact) mass is 680 g/mol. The molecule has 0 spiro atoms. The molecule has 6 rings (SSSR count). The third-order valence-electron chi connectivity index (χ3n) is 12.0. The van der Waals surface area contributed by atoms with Gasteiger partial charge < -0.3 is 19.4 Å². The fourth-order valence-corrected chi connectivity index (χ4v) is 9.23. The molecule has 2 amide bonds. The van der Waals surface area contributed by atoms with Crippen LogP contribution < -0.4 is 9.64 Å². The Morgan fingerprint density at radius 1 is 0.979 bits per heavy atom. The number of hydrogen-bond acceptors (Lipinski definition) is 5. The molecule has 4 atom stereocenters. The van der Waals surface area contributed by atoms with Crippen LogP contribution in [0.2, 0.25) is 5.02 Å². The highest BCUT2D eigenvalue weighted by Gasteiger charge is 2.57. The number of anilines is 1. The predicted octanol–water partition coefficient (Wildman–Crippen LogP) is 6.99. The fraction of sp³-hybridized carbons (Fsp3) is 0.641. The second-order valence-corrected chi connectivity index (χ2v) is 15.6. The van der Waals surface area contributed by atoms with Crippen molar-refractivity contribution in [3.05, 3.63) is 58.6 Å². The summed E-state index contributed by atoms with van der Waals surface area (Å²) in [6.07, 6.45) is 6.91. The molecule has 7 nitrogen and oxygen atoms in total. The summed E-state index contributed by atoms with van der Waals surface area (Å²) in [6.45, 7) is 7.76. The number of carbonyl (C=O) groups is 2.